The molecule has 0 saturated carbocycles. The molecular weight excluding hydrogens is 212 g/mol. The van der Waals surface area contributed by atoms with Crippen molar-refractivity contribution >= 4 is 0 Å². The van der Waals surface area contributed by atoms with Crippen molar-refractivity contribution in [1.82, 2.24) is 10.3 Å². The lowest BCUT2D eigenvalue weighted by Crippen LogP contribution is -2.20. The number of hydrogen-bond acceptors (Lipinski definition) is 3. The van der Waals surface area contributed by atoms with Crippen LogP contribution in [0.1, 0.15) is 46.2 Å². The summed E-state index contributed by atoms with van der Waals surface area (Å²) in [6.07, 6.45) is 2.08. The van der Waals surface area contributed by atoms with Gasteiger partial charge in [0.1, 0.15) is 0 Å². The molecule has 96 valence electrons. The summed E-state index contributed by atoms with van der Waals surface area (Å²) >= 11 is 0. The molecule has 1 heterocycles. The summed E-state index contributed by atoms with van der Waals surface area (Å²) in [6.45, 7) is 11.6. The van der Waals surface area contributed by atoms with Gasteiger partial charge in [-0.25, -0.2) is 4.98 Å². The van der Waals surface area contributed by atoms with Gasteiger partial charge in [-0.15, -0.1) is 0 Å². The molecule has 2 unspecified atom stereocenters. The van der Waals surface area contributed by atoms with Gasteiger partial charge < -0.3 is 10.1 Å². The summed E-state index contributed by atoms with van der Waals surface area (Å²) < 4.78 is 5.74. The Labute approximate surface area is 105 Å². The van der Waals surface area contributed by atoms with E-state index in [0.717, 1.165) is 6.54 Å². The van der Waals surface area contributed by atoms with Crippen LogP contribution in [-0.2, 0) is 0 Å². The lowest BCUT2D eigenvalue weighted by Gasteiger charge is -2.18. The Morgan fingerprint density at radius 1 is 1.24 bits per heavy atom. The highest BCUT2D eigenvalue weighted by molar-refractivity contribution is 5.20. The summed E-state index contributed by atoms with van der Waals surface area (Å²) in [5, 5.41) is 3.36. The number of aromatic nitrogens is 1. The molecule has 1 aromatic rings. The monoisotopic (exact) mass is 236 g/mol. The first-order valence-electron chi connectivity index (χ1n) is 6.40. The molecule has 2 atom stereocenters. The molecule has 1 aromatic heterocycles. The molecule has 0 saturated heterocycles. The average molecular weight is 236 g/mol. The highest BCUT2D eigenvalue weighted by Crippen LogP contribution is 2.16. The van der Waals surface area contributed by atoms with Crippen LogP contribution < -0.4 is 10.1 Å². The molecule has 0 fully saturated rings. The second-order valence-corrected chi connectivity index (χ2v) is 4.78. The summed E-state index contributed by atoms with van der Waals surface area (Å²) in [7, 11) is 0. The molecule has 0 aliphatic carbocycles. The van der Waals surface area contributed by atoms with E-state index < -0.39 is 0 Å². The van der Waals surface area contributed by atoms with E-state index in [9.17, 15) is 0 Å². The van der Waals surface area contributed by atoms with Crippen LogP contribution >= 0.6 is 0 Å². The van der Waals surface area contributed by atoms with Gasteiger partial charge in [0.15, 0.2) is 0 Å². The van der Waals surface area contributed by atoms with Gasteiger partial charge in [0.05, 0.1) is 6.10 Å². The minimum Gasteiger partial charge on any atom is -0.474 e. The number of nitrogens with one attached hydrogen (secondary N) is 1. The summed E-state index contributed by atoms with van der Waals surface area (Å²) in [4.78, 5) is 4.34. The SMILES string of the molecule is CCNC(C)c1ccc(OC(C)C(C)C)nc1. The van der Waals surface area contributed by atoms with Gasteiger partial charge in [-0.1, -0.05) is 26.8 Å². The predicted octanol–water partition coefficient (Wildman–Crippen LogP) is 3.18. The topological polar surface area (TPSA) is 34.1 Å². The van der Waals surface area contributed by atoms with E-state index in [1.54, 1.807) is 0 Å². The van der Waals surface area contributed by atoms with E-state index in [2.05, 4.69) is 51.0 Å². The number of ether oxygens (including phenoxy) is 1. The third-order valence-electron chi connectivity index (χ3n) is 3.02. The van der Waals surface area contributed by atoms with Crippen LogP contribution in [0.4, 0.5) is 0 Å². The molecule has 0 amide bonds. The van der Waals surface area contributed by atoms with Crippen molar-refractivity contribution in [2.45, 2.75) is 46.8 Å². The van der Waals surface area contributed by atoms with E-state index in [4.69, 9.17) is 4.74 Å². The average Bonchev–Trinajstić information content (AvgIpc) is 2.30. The molecule has 1 rings (SSSR count). The van der Waals surface area contributed by atoms with Crippen LogP contribution in [-0.4, -0.2) is 17.6 Å². The van der Waals surface area contributed by atoms with Crippen molar-refractivity contribution in [1.29, 1.82) is 0 Å². The summed E-state index contributed by atoms with van der Waals surface area (Å²) in [5.41, 5.74) is 1.19. The Morgan fingerprint density at radius 3 is 2.41 bits per heavy atom. The van der Waals surface area contributed by atoms with E-state index in [-0.39, 0.29) is 6.10 Å². The van der Waals surface area contributed by atoms with Crippen molar-refractivity contribution in [2.24, 2.45) is 5.92 Å². The van der Waals surface area contributed by atoms with Crippen LogP contribution in [0.15, 0.2) is 18.3 Å². The van der Waals surface area contributed by atoms with Crippen LogP contribution in [0.25, 0.3) is 0 Å². The van der Waals surface area contributed by atoms with Crippen molar-refractivity contribution in [3.05, 3.63) is 23.9 Å². The van der Waals surface area contributed by atoms with Crippen molar-refractivity contribution in [2.75, 3.05) is 6.54 Å². The van der Waals surface area contributed by atoms with Crippen LogP contribution in [0.5, 0.6) is 5.88 Å². The van der Waals surface area contributed by atoms with Crippen molar-refractivity contribution in [3.63, 3.8) is 0 Å². The number of hydrogen-bond donors (Lipinski definition) is 1. The fourth-order valence-electron chi connectivity index (χ4n) is 1.47. The molecule has 0 radical (unpaired) electrons. The van der Waals surface area contributed by atoms with Crippen LogP contribution in [0, 0.1) is 5.92 Å². The third kappa shape index (κ3) is 4.35. The maximum absolute atomic E-state index is 5.74. The van der Waals surface area contributed by atoms with E-state index in [0.29, 0.717) is 17.8 Å². The Balaban J connectivity index is 2.61. The van der Waals surface area contributed by atoms with E-state index in [1.165, 1.54) is 5.56 Å². The zero-order valence-electron chi connectivity index (χ0n) is 11.5. The Hall–Kier alpha value is -1.09. The van der Waals surface area contributed by atoms with Gasteiger partial charge in [0, 0.05) is 18.3 Å². The summed E-state index contributed by atoms with van der Waals surface area (Å²) in [5.74, 6) is 1.20. The fourth-order valence-corrected chi connectivity index (χ4v) is 1.47. The number of pyridine rings is 1. The van der Waals surface area contributed by atoms with E-state index >= 15 is 0 Å². The Morgan fingerprint density at radius 2 is 1.94 bits per heavy atom. The molecule has 0 aliphatic rings. The lowest BCUT2D eigenvalue weighted by molar-refractivity contribution is 0.163. The largest absolute Gasteiger partial charge is 0.474 e. The van der Waals surface area contributed by atoms with Crippen LogP contribution in [0.3, 0.4) is 0 Å². The molecular formula is C14H24N2O. The number of rotatable bonds is 6. The standard InChI is InChI=1S/C14H24N2O/c1-6-15-11(4)13-7-8-14(16-9-13)17-12(5)10(2)3/h7-12,15H,6H2,1-5H3. The number of nitrogens with zero attached hydrogens (tertiary/aromatic N) is 1. The van der Waals surface area contributed by atoms with Gasteiger partial charge in [0.25, 0.3) is 0 Å². The summed E-state index contributed by atoms with van der Waals surface area (Å²) in [6, 6.07) is 4.36. The lowest BCUT2D eigenvalue weighted by atomic mass is 10.1. The van der Waals surface area contributed by atoms with Gasteiger partial charge in [0.2, 0.25) is 5.88 Å². The van der Waals surface area contributed by atoms with Crippen molar-refractivity contribution in [3.8, 4) is 5.88 Å². The highest BCUT2D eigenvalue weighted by Gasteiger charge is 2.10. The fraction of sp³-hybridized carbons (Fsp3) is 0.643. The minimum atomic E-state index is 0.194. The van der Waals surface area contributed by atoms with Crippen molar-refractivity contribution < 1.29 is 4.74 Å². The zero-order valence-corrected chi connectivity index (χ0v) is 11.5. The Kier molecular flexibility index (Phi) is 5.42. The van der Waals surface area contributed by atoms with Gasteiger partial charge >= 0.3 is 0 Å². The van der Waals surface area contributed by atoms with Crippen LogP contribution in [0.2, 0.25) is 0 Å². The first-order valence-corrected chi connectivity index (χ1v) is 6.40. The zero-order chi connectivity index (χ0) is 12.8. The maximum Gasteiger partial charge on any atom is 0.213 e. The molecule has 3 nitrogen and oxygen atoms in total. The maximum atomic E-state index is 5.74. The predicted molar refractivity (Wildman–Crippen MR) is 71.3 cm³/mol. The van der Waals surface area contributed by atoms with Gasteiger partial charge in [-0.3, -0.25) is 0 Å². The second kappa shape index (κ2) is 6.60. The quantitative estimate of drug-likeness (QED) is 0.823. The van der Waals surface area contributed by atoms with Gasteiger partial charge in [-0.05, 0) is 31.9 Å². The normalized spacial score (nSPS) is 14.7. The molecule has 17 heavy (non-hydrogen) atoms. The molecule has 3 heteroatoms. The minimum absolute atomic E-state index is 0.194. The van der Waals surface area contributed by atoms with Gasteiger partial charge in [-0.2, -0.15) is 0 Å². The molecule has 0 aromatic carbocycles. The smallest absolute Gasteiger partial charge is 0.213 e. The highest BCUT2D eigenvalue weighted by atomic mass is 16.5. The third-order valence-corrected chi connectivity index (χ3v) is 3.02. The molecule has 0 aliphatic heterocycles. The first-order chi connectivity index (χ1) is 8.04. The first kappa shape index (κ1) is 14.0. The van der Waals surface area contributed by atoms with E-state index in [1.807, 2.05) is 12.3 Å². The molecule has 0 bridgehead atoms. The second-order valence-electron chi connectivity index (χ2n) is 4.78. The molecule has 0 spiro atoms. The Bertz CT molecular complexity index is 321. The molecule has 1 N–H and O–H groups in total.